The topological polar surface area (TPSA) is 40.5 Å². The molecule has 4 heteroatoms. The molecule has 0 aliphatic rings. The van der Waals surface area contributed by atoms with Crippen molar-refractivity contribution >= 4 is 24.4 Å². The molecule has 1 unspecified atom stereocenters. The van der Waals surface area contributed by atoms with Crippen LogP contribution in [0.3, 0.4) is 0 Å². The predicted octanol–water partition coefficient (Wildman–Crippen LogP) is 0.00260. The minimum absolute atomic E-state index is 0.147. The van der Waals surface area contributed by atoms with Gasteiger partial charge in [-0.1, -0.05) is 0 Å². The predicted molar refractivity (Wildman–Crippen MR) is 44.3 cm³/mol. The van der Waals surface area contributed by atoms with Crippen molar-refractivity contribution in [2.45, 2.75) is 5.25 Å². The maximum absolute atomic E-state index is 8.60. The van der Waals surface area contributed by atoms with Crippen molar-refractivity contribution in [1.29, 1.82) is 0 Å². The zero-order valence-corrected chi connectivity index (χ0v) is 6.87. The Kier molecular flexibility index (Phi) is 7.20. The Labute approximate surface area is 65.1 Å². The van der Waals surface area contributed by atoms with Crippen LogP contribution < -0.4 is 0 Å². The lowest BCUT2D eigenvalue weighted by molar-refractivity contribution is 0.300. The maximum atomic E-state index is 8.60. The summed E-state index contributed by atoms with van der Waals surface area (Å²) in [4.78, 5) is 0. The summed E-state index contributed by atoms with van der Waals surface area (Å²) >= 11 is 5.55. The van der Waals surface area contributed by atoms with Crippen LogP contribution in [0.5, 0.6) is 0 Å². The highest BCUT2D eigenvalue weighted by atomic mass is 32.2. The second-order valence-corrected chi connectivity index (χ2v) is 3.35. The van der Waals surface area contributed by atoms with E-state index >= 15 is 0 Å². The molecule has 0 heterocycles. The molecule has 9 heavy (non-hydrogen) atoms. The third-order valence-corrected chi connectivity index (χ3v) is 2.75. The van der Waals surface area contributed by atoms with Crippen molar-refractivity contribution in [3.63, 3.8) is 0 Å². The molecule has 1 atom stereocenters. The SMILES string of the molecule is OCCSC(CO)CS. The fourth-order valence-electron chi connectivity index (χ4n) is 0.383. The second kappa shape index (κ2) is 6.74. The molecule has 56 valence electrons. The van der Waals surface area contributed by atoms with Crippen LogP contribution in [0.15, 0.2) is 0 Å². The molecule has 2 N–H and O–H groups in total. The molecule has 0 aromatic carbocycles. The molecular weight excluding hydrogens is 156 g/mol. The Morgan fingerprint density at radius 3 is 2.44 bits per heavy atom. The third kappa shape index (κ3) is 5.08. The average molecular weight is 168 g/mol. The quantitative estimate of drug-likeness (QED) is 0.506. The molecule has 0 saturated carbocycles. The molecule has 2 nitrogen and oxygen atoms in total. The maximum Gasteiger partial charge on any atom is 0.0557 e. The smallest absolute Gasteiger partial charge is 0.0557 e. The summed E-state index contributed by atoms with van der Waals surface area (Å²) in [5, 5.41) is 17.2. The van der Waals surface area contributed by atoms with Gasteiger partial charge in [-0.05, 0) is 0 Å². The summed E-state index contributed by atoms with van der Waals surface area (Å²) in [5.74, 6) is 1.35. The molecule has 0 aliphatic heterocycles. The van der Waals surface area contributed by atoms with Crippen molar-refractivity contribution < 1.29 is 10.2 Å². The monoisotopic (exact) mass is 168 g/mol. The fourth-order valence-corrected chi connectivity index (χ4v) is 1.46. The molecule has 0 fully saturated rings. The summed E-state index contributed by atoms with van der Waals surface area (Å²) in [6.45, 7) is 0.323. The number of thiol groups is 1. The van der Waals surface area contributed by atoms with Crippen LogP contribution in [0.4, 0.5) is 0 Å². The first-order chi connectivity index (χ1) is 4.35. The number of thioether (sulfide) groups is 1. The van der Waals surface area contributed by atoms with E-state index in [-0.39, 0.29) is 18.5 Å². The molecule has 0 aliphatic carbocycles. The van der Waals surface area contributed by atoms with Gasteiger partial charge in [0.25, 0.3) is 0 Å². The van der Waals surface area contributed by atoms with Crippen LogP contribution in [0.25, 0.3) is 0 Å². The summed E-state index contributed by atoms with van der Waals surface area (Å²) in [5.41, 5.74) is 0. The minimum atomic E-state index is 0.147. The molecular formula is C5H12O2S2. The number of hydrogen-bond donors (Lipinski definition) is 3. The van der Waals surface area contributed by atoms with Crippen molar-refractivity contribution in [2.75, 3.05) is 24.7 Å². The zero-order valence-electron chi connectivity index (χ0n) is 5.16. The number of aliphatic hydroxyl groups is 2. The summed E-state index contributed by atoms with van der Waals surface area (Å²) in [7, 11) is 0. The average Bonchev–Trinajstić information content (AvgIpc) is 1.91. The lowest BCUT2D eigenvalue weighted by Gasteiger charge is -2.07. The Morgan fingerprint density at radius 1 is 1.44 bits per heavy atom. The Bertz CT molecular complexity index is 56.9. The van der Waals surface area contributed by atoms with E-state index in [1.165, 1.54) is 0 Å². The second-order valence-electron chi connectivity index (χ2n) is 1.58. The first kappa shape index (κ1) is 9.62. The summed E-state index contributed by atoms with van der Waals surface area (Å²) in [6, 6.07) is 0. The van der Waals surface area contributed by atoms with Gasteiger partial charge in [-0.15, -0.1) is 0 Å². The first-order valence-electron chi connectivity index (χ1n) is 2.79. The van der Waals surface area contributed by atoms with Gasteiger partial charge in [-0.2, -0.15) is 24.4 Å². The summed E-state index contributed by atoms with van der Waals surface area (Å²) in [6.07, 6.45) is 0. The molecule has 0 amide bonds. The van der Waals surface area contributed by atoms with Gasteiger partial charge in [-0.3, -0.25) is 0 Å². The minimum Gasteiger partial charge on any atom is -0.396 e. The lowest BCUT2D eigenvalue weighted by atomic mass is 10.5. The van der Waals surface area contributed by atoms with Crippen LogP contribution >= 0.6 is 24.4 Å². The molecule has 0 rings (SSSR count). The number of hydrogen-bond acceptors (Lipinski definition) is 4. The van der Waals surface area contributed by atoms with Crippen molar-refractivity contribution in [1.82, 2.24) is 0 Å². The van der Waals surface area contributed by atoms with E-state index < -0.39 is 0 Å². The van der Waals surface area contributed by atoms with Gasteiger partial charge in [0.2, 0.25) is 0 Å². The van der Waals surface area contributed by atoms with Crippen molar-refractivity contribution in [3.05, 3.63) is 0 Å². The van der Waals surface area contributed by atoms with Gasteiger partial charge in [0, 0.05) is 16.8 Å². The van der Waals surface area contributed by atoms with Crippen LogP contribution in [0, 0.1) is 0 Å². The van der Waals surface area contributed by atoms with Gasteiger partial charge < -0.3 is 10.2 Å². The Balaban J connectivity index is 3.09. The summed E-state index contributed by atoms with van der Waals surface area (Å²) < 4.78 is 0. The molecule has 0 saturated heterocycles. The van der Waals surface area contributed by atoms with E-state index in [4.69, 9.17) is 10.2 Å². The largest absolute Gasteiger partial charge is 0.396 e. The fraction of sp³-hybridized carbons (Fsp3) is 1.00. The lowest BCUT2D eigenvalue weighted by Crippen LogP contribution is -2.11. The normalized spacial score (nSPS) is 13.7. The van der Waals surface area contributed by atoms with Crippen LogP contribution in [-0.4, -0.2) is 40.2 Å². The van der Waals surface area contributed by atoms with Crippen LogP contribution in [0.2, 0.25) is 0 Å². The van der Waals surface area contributed by atoms with Gasteiger partial charge >= 0.3 is 0 Å². The van der Waals surface area contributed by atoms with Crippen molar-refractivity contribution in [3.8, 4) is 0 Å². The number of rotatable bonds is 5. The highest BCUT2D eigenvalue weighted by molar-refractivity contribution is 8.00. The van der Waals surface area contributed by atoms with Crippen molar-refractivity contribution in [2.24, 2.45) is 0 Å². The zero-order chi connectivity index (χ0) is 7.11. The van der Waals surface area contributed by atoms with E-state index in [1.807, 2.05) is 0 Å². The van der Waals surface area contributed by atoms with E-state index in [0.717, 1.165) is 0 Å². The number of aliphatic hydroxyl groups excluding tert-OH is 2. The third-order valence-electron chi connectivity index (χ3n) is 0.852. The Hall–Kier alpha value is 0.620. The van der Waals surface area contributed by atoms with E-state index in [9.17, 15) is 0 Å². The van der Waals surface area contributed by atoms with E-state index in [1.54, 1.807) is 11.8 Å². The van der Waals surface area contributed by atoms with Crippen LogP contribution in [-0.2, 0) is 0 Å². The van der Waals surface area contributed by atoms with Crippen LogP contribution in [0.1, 0.15) is 0 Å². The van der Waals surface area contributed by atoms with Gasteiger partial charge in [0.1, 0.15) is 0 Å². The molecule has 0 bridgehead atoms. The molecule has 0 spiro atoms. The standard InChI is InChI=1S/C5H12O2S2/c6-1-2-9-5(3-7)4-8/h5-8H,1-4H2. The highest BCUT2D eigenvalue weighted by Gasteiger charge is 2.02. The molecule has 0 aromatic heterocycles. The van der Waals surface area contributed by atoms with Gasteiger partial charge in [0.15, 0.2) is 0 Å². The van der Waals surface area contributed by atoms with E-state index in [2.05, 4.69) is 12.6 Å². The molecule has 0 aromatic rings. The van der Waals surface area contributed by atoms with Gasteiger partial charge in [0.05, 0.1) is 13.2 Å². The molecule has 0 radical (unpaired) electrons. The van der Waals surface area contributed by atoms with Gasteiger partial charge in [-0.25, -0.2) is 0 Å². The first-order valence-corrected chi connectivity index (χ1v) is 4.47. The van der Waals surface area contributed by atoms with E-state index in [0.29, 0.717) is 11.5 Å². The highest BCUT2D eigenvalue weighted by Crippen LogP contribution is 2.10. The Morgan fingerprint density at radius 2 is 2.11 bits per heavy atom.